The number of rotatable bonds is 1. The quantitative estimate of drug-likeness (QED) is 0.865. The van der Waals surface area contributed by atoms with E-state index in [1.165, 1.54) is 6.42 Å². The van der Waals surface area contributed by atoms with Gasteiger partial charge in [-0.15, -0.1) is 12.4 Å². The molecule has 2 N–H and O–H groups in total. The number of carbonyl (C=O) groups is 1. The van der Waals surface area contributed by atoms with Crippen LogP contribution < -0.4 is 5.73 Å². The summed E-state index contributed by atoms with van der Waals surface area (Å²) in [5, 5.41) is 0. The van der Waals surface area contributed by atoms with Crippen molar-refractivity contribution < 1.29 is 4.79 Å². The zero-order chi connectivity index (χ0) is 13.6. The van der Waals surface area contributed by atoms with E-state index in [0.717, 1.165) is 36.2 Å². The molecular formula is C16H23ClN2O. The average Bonchev–Trinajstić information content (AvgIpc) is 2.90. The van der Waals surface area contributed by atoms with Gasteiger partial charge >= 0.3 is 0 Å². The Morgan fingerprint density at radius 1 is 1.15 bits per heavy atom. The number of carbonyl (C=O) groups excluding carboxylic acids is 1. The minimum Gasteiger partial charge on any atom is -0.338 e. The van der Waals surface area contributed by atoms with Crippen LogP contribution in [0.15, 0.2) is 18.2 Å². The second-order valence-corrected chi connectivity index (χ2v) is 6.25. The Balaban J connectivity index is 0.00000147. The van der Waals surface area contributed by atoms with Crippen molar-refractivity contribution in [1.82, 2.24) is 4.90 Å². The van der Waals surface area contributed by atoms with Crippen molar-refractivity contribution in [2.45, 2.75) is 32.7 Å². The second kappa shape index (κ2) is 5.74. The number of hydrogen-bond donors (Lipinski definition) is 1. The van der Waals surface area contributed by atoms with Crippen LogP contribution in [0.4, 0.5) is 0 Å². The highest BCUT2D eigenvalue weighted by Crippen LogP contribution is 2.37. The van der Waals surface area contributed by atoms with Gasteiger partial charge in [0.1, 0.15) is 0 Å². The minimum absolute atomic E-state index is 0. The fourth-order valence-corrected chi connectivity index (χ4v) is 3.75. The maximum atomic E-state index is 12.6. The first-order valence-corrected chi connectivity index (χ1v) is 7.18. The predicted molar refractivity (Wildman–Crippen MR) is 83.3 cm³/mol. The molecule has 1 aromatic rings. The van der Waals surface area contributed by atoms with Gasteiger partial charge in [-0.05, 0) is 50.7 Å². The van der Waals surface area contributed by atoms with Crippen LogP contribution in [0.3, 0.4) is 0 Å². The number of amides is 1. The molecular weight excluding hydrogens is 272 g/mol. The Morgan fingerprint density at radius 2 is 1.80 bits per heavy atom. The minimum atomic E-state index is 0. The zero-order valence-corrected chi connectivity index (χ0v) is 13.0. The van der Waals surface area contributed by atoms with E-state index in [1.54, 1.807) is 0 Å². The topological polar surface area (TPSA) is 46.3 Å². The van der Waals surface area contributed by atoms with Gasteiger partial charge in [0, 0.05) is 24.7 Å². The molecule has 2 fully saturated rings. The van der Waals surface area contributed by atoms with Gasteiger partial charge in [-0.1, -0.05) is 17.2 Å². The summed E-state index contributed by atoms with van der Waals surface area (Å²) in [6, 6.07) is 6.38. The zero-order valence-electron chi connectivity index (χ0n) is 12.1. The van der Waals surface area contributed by atoms with Gasteiger partial charge in [-0.2, -0.15) is 0 Å². The summed E-state index contributed by atoms with van der Waals surface area (Å²) in [7, 11) is 0. The third-order valence-electron chi connectivity index (χ3n) is 4.67. The average molecular weight is 295 g/mol. The van der Waals surface area contributed by atoms with Crippen LogP contribution in [-0.2, 0) is 0 Å². The van der Waals surface area contributed by atoms with E-state index in [0.29, 0.717) is 17.9 Å². The van der Waals surface area contributed by atoms with Gasteiger partial charge in [-0.25, -0.2) is 0 Å². The molecule has 3 unspecified atom stereocenters. The number of hydrogen-bond acceptors (Lipinski definition) is 2. The maximum Gasteiger partial charge on any atom is 0.253 e. The van der Waals surface area contributed by atoms with Crippen molar-refractivity contribution >= 4 is 18.3 Å². The molecule has 1 amide bonds. The highest BCUT2D eigenvalue weighted by molar-refractivity contribution is 5.94. The summed E-state index contributed by atoms with van der Waals surface area (Å²) in [6.45, 7) is 5.82. The number of nitrogens with zero attached hydrogens (tertiary/aromatic N) is 1. The van der Waals surface area contributed by atoms with Gasteiger partial charge in [0.2, 0.25) is 0 Å². The van der Waals surface area contributed by atoms with E-state index < -0.39 is 0 Å². The lowest BCUT2D eigenvalue weighted by molar-refractivity contribution is 0.0779. The Labute approximate surface area is 126 Å². The van der Waals surface area contributed by atoms with Crippen LogP contribution in [0.1, 0.15) is 34.3 Å². The van der Waals surface area contributed by atoms with Crippen LogP contribution in [0, 0.1) is 25.7 Å². The third kappa shape index (κ3) is 2.70. The number of benzene rings is 1. The van der Waals surface area contributed by atoms with E-state index >= 15 is 0 Å². The fourth-order valence-electron chi connectivity index (χ4n) is 3.75. The molecule has 1 saturated heterocycles. The molecule has 3 atom stereocenters. The summed E-state index contributed by atoms with van der Waals surface area (Å²) in [6.07, 6.45) is 2.31. The van der Waals surface area contributed by atoms with Gasteiger partial charge in [0.15, 0.2) is 0 Å². The van der Waals surface area contributed by atoms with Crippen molar-refractivity contribution in [3.05, 3.63) is 34.9 Å². The molecule has 0 aromatic heterocycles. The number of fused-ring (bicyclic) bond motifs is 1. The van der Waals surface area contributed by atoms with Crippen molar-refractivity contribution in [1.29, 1.82) is 0 Å². The van der Waals surface area contributed by atoms with Crippen molar-refractivity contribution in [2.24, 2.45) is 17.6 Å². The lowest BCUT2D eigenvalue weighted by Crippen LogP contribution is -2.33. The van der Waals surface area contributed by atoms with Gasteiger partial charge in [-0.3, -0.25) is 4.79 Å². The Hall–Kier alpha value is -1.06. The van der Waals surface area contributed by atoms with Gasteiger partial charge < -0.3 is 10.6 Å². The van der Waals surface area contributed by atoms with Crippen molar-refractivity contribution in [3.8, 4) is 0 Å². The van der Waals surface area contributed by atoms with E-state index in [4.69, 9.17) is 5.73 Å². The predicted octanol–water partition coefficient (Wildman–Crippen LogP) is 2.53. The van der Waals surface area contributed by atoms with Crippen LogP contribution >= 0.6 is 12.4 Å². The molecule has 20 heavy (non-hydrogen) atoms. The maximum absolute atomic E-state index is 12.6. The summed E-state index contributed by atoms with van der Waals surface area (Å²) >= 11 is 0. The van der Waals surface area contributed by atoms with Crippen LogP contribution in [0.2, 0.25) is 0 Å². The third-order valence-corrected chi connectivity index (χ3v) is 4.67. The molecule has 0 spiro atoms. The summed E-state index contributed by atoms with van der Waals surface area (Å²) in [5.74, 6) is 1.33. The molecule has 4 heteroatoms. The van der Waals surface area contributed by atoms with E-state index in [-0.39, 0.29) is 18.3 Å². The molecule has 1 heterocycles. The first-order valence-electron chi connectivity index (χ1n) is 7.18. The highest BCUT2D eigenvalue weighted by atomic mass is 35.5. The number of aryl methyl sites for hydroxylation is 2. The molecule has 110 valence electrons. The number of nitrogens with two attached hydrogens (primary N) is 1. The van der Waals surface area contributed by atoms with E-state index in [9.17, 15) is 4.79 Å². The molecule has 0 radical (unpaired) electrons. The monoisotopic (exact) mass is 294 g/mol. The lowest BCUT2D eigenvalue weighted by atomic mass is 9.98. The number of likely N-dealkylation sites (tertiary alicyclic amines) is 1. The molecule has 1 aliphatic carbocycles. The van der Waals surface area contributed by atoms with Crippen molar-refractivity contribution in [2.75, 3.05) is 13.1 Å². The SMILES string of the molecule is Cc1cc(C)cc(C(=O)N2CC3CCC(N)C3C2)c1.Cl. The first kappa shape index (κ1) is 15.3. The normalized spacial score (nSPS) is 28.1. The van der Waals surface area contributed by atoms with Gasteiger partial charge in [0.25, 0.3) is 5.91 Å². The van der Waals surface area contributed by atoms with Crippen LogP contribution in [-0.4, -0.2) is 29.9 Å². The van der Waals surface area contributed by atoms with Crippen LogP contribution in [0.25, 0.3) is 0 Å². The van der Waals surface area contributed by atoms with Gasteiger partial charge in [0.05, 0.1) is 0 Å². The summed E-state index contributed by atoms with van der Waals surface area (Å²) < 4.78 is 0. The lowest BCUT2D eigenvalue weighted by Gasteiger charge is -2.19. The van der Waals surface area contributed by atoms with E-state index in [2.05, 4.69) is 6.07 Å². The molecule has 2 aliphatic rings. The van der Waals surface area contributed by atoms with Crippen molar-refractivity contribution in [3.63, 3.8) is 0 Å². The molecule has 0 bridgehead atoms. The molecule has 1 saturated carbocycles. The largest absolute Gasteiger partial charge is 0.338 e. The Bertz CT molecular complexity index is 497. The smallest absolute Gasteiger partial charge is 0.253 e. The number of halogens is 1. The summed E-state index contributed by atoms with van der Waals surface area (Å²) in [5.41, 5.74) is 9.26. The Morgan fingerprint density at radius 3 is 2.40 bits per heavy atom. The second-order valence-electron chi connectivity index (χ2n) is 6.25. The molecule has 1 aliphatic heterocycles. The van der Waals surface area contributed by atoms with E-state index in [1.807, 2.05) is 30.9 Å². The molecule has 1 aromatic carbocycles. The molecule has 3 rings (SSSR count). The summed E-state index contributed by atoms with van der Waals surface area (Å²) in [4.78, 5) is 14.6. The standard InChI is InChI=1S/C16H22N2O.ClH/c1-10-5-11(2)7-13(6-10)16(19)18-8-12-3-4-15(17)14(12)9-18;/h5-7,12,14-15H,3-4,8-9,17H2,1-2H3;1H. The highest BCUT2D eigenvalue weighted by Gasteiger charge is 2.42. The first-order chi connectivity index (χ1) is 9.04. The molecule has 3 nitrogen and oxygen atoms in total. The van der Waals surface area contributed by atoms with Crippen LogP contribution in [0.5, 0.6) is 0 Å². The Kier molecular flexibility index (Phi) is 4.40. The fraction of sp³-hybridized carbons (Fsp3) is 0.562.